The smallest absolute Gasteiger partial charge is 0.322 e. The van der Waals surface area contributed by atoms with Crippen LogP contribution in [-0.4, -0.2) is 43.8 Å². The normalized spacial score (nSPS) is 17.6. The molecule has 0 spiro atoms. The van der Waals surface area contributed by atoms with Gasteiger partial charge < -0.3 is 19.7 Å². The number of halogens is 1. The van der Waals surface area contributed by atoms with E-state index in [9.17, 15) is 9.18 Å². The Bertz CT molecular complexity index is 490. The summed E-state index contributed by atoms with van der Waals surface area (Å²) < 4.78 is 23.8. The molecule has 1 saturated heterocycles. The first-order valence-corrected chi connectivity index (χ1v) is 7.15. The Morgan fingerprint density at radius 1 is 1.57 bits per heavy atom. The minimum absolute atomic E-state index is 0.103. The number of benzene rings is 1. The lowest BCUT2D eigenvalue weighted by atomic mass is 10.2. The summed E-state index contributed by atoms with van der Waals surface area (Å²) in [4.78, 5) is 14.0. The van der Waals surface area contributed by atoms with Crippen molar-refractivity contribution in [2.45, 2.75) is 25.9 Å². The Labute approximate surface area is 124 Å². The number of methoxy groups -OCH3 is 1. The van der Waals surface area contributed by atoms with Gasteiger partial charge in [0.05, 0.1) is 18.9 Å². The molecule has 1 heterocycles. The van der Waals surface area contributed by atoms with Crippen molar-refractivity contribution in [1.29, 1.82) is 0 Å². The number of rotatable bonds is 5. The van der Waals surface area contributed by atoms with E-state index in [2.05, 4.69) is 5.32 Å². The number of hydrogen-bond donors (Lipinski definition) is 1. The van der Waals surface area contributed by atoms with E-state index in [0.717, 1.165) is 19.4 Å². The second-order valence-corrected chi connectivity index (χ2v) is 4.95. The van der Waals surface area contributed by atoms with Gasteiger partial charge in [0.25, 0.3) is 0 Å². The molecule has 2 amide bonds. The monoisotopic (exact) mass is 296 g/mol. The summed E-state index contributed by atoms with van der Waals surface area (Å²) in [5.74, 6) is -0.104. The molecule has 0 saturated carbocycles. The van der Waals surface area contributed by atoms with Gasteiger partial charge in [0, 0.05) is 25.8 Å². The van der Waals surface area contributed by atoms with E-state index in [1.54, 1.807) is 4.90 Å². The van der Waals surface area contributed by atoms with Crippen molar-refractivity contribution < 1.29 is 18.7 Å². The number of likely N-dealkylation sites (N-methyl/N-ethyl adjacent to an activating group) is 1. The van der Waals surface area contributed by atoms with Crippen LogP contribution in [0.2, 0.25) is 0 Å². The van der Waals surface area contributed by atoms with E-state index in [1.807, 2.05) is 6.92 Å². The third-order valence-corrected chi connectivity index (χ3v) is 3.52. The van der Waals surface area contributed by atoms with Crippen LogP contribution in [0, 0.1) is 5.82 Å². The van der Waals surface area contributed by atoms with E-state index < -0.39 is 5.82 Å². The zero-order chi connectivity index (χ0) is 15.2. The quantitative estimate of drug-likeness (QED) is 0.909. The topological polar surface area (TPSA) is 50.8 Å². The predicted molar refractivity (Wildman–Crippen MR) is 78.2 cm³/mol. The van der Waals surface area contributed by atoms with Crippen LogP contribution in [0.4, 0.5) is 14.9 Å². The summed E-state index contributed by atoms with van der Waals surface area (Å²) in [5.41, 5.74) is 0.453. The highest BCUT2D eigenvalue weighted by Gasteiger charge is 2.22. The van der Waals surface area contributed by atoms with Gasteiger partial charge in [0.1, 0.15) is 11.6 Å². The zero-order valence-electron chi connectivity index (χ0n) is 12.4. The number of urea groups is 1. The largest absolute Gasteiger partial charge is 0.494 e. The van der Waals surface area contributed by atoms with Gasteiger partial charge in [-0.3, -0.25) is 0 Å². The second-order valence-electron chi connectivity index (χ2n) is 4.95. The minimum atomic E-state index is -0.406. The molecule has 1 aliphatic heterocycles. The van der Waals surface area contributed by atoms with Crippen molar-refractivity contribution >= 4 is 11.7 Å². The summed E-state index contributed by atoms with van der Waals surface area (Å²) in [6.07, 6.45) is 2.12. The van der Waals surface area contributed by atoms with E-state index in [4.69, 9.17) is 9.47 Å². The molecule has 6 heteroatoms. The summed E-state index contributed by atoms with van der Waals surface area (Å²) in [6.45, 7) is 3.81. The molecule has 1 atom stereocenters. The Kier molecular flexibility index (Phi) is 5.38. The van der Waals surface area contributed by atoms with Crippen molar-refractivity contribution in [3.63, 3.8) is 0 Å². The van der Waals surface area contributed by atoms with Gasteiger partial charge in [-0.05, 0) is 31.9 Å². The van der Waals surface area contributed by atoms with Crippen LogP contribution in [0.15, 0.2) is 18.2 Å². The summed E-state index contributed by atoms with van der Waals surface area (Å²) in [5, 5.41) is 2.75. The number of hydrogen-bond acceptors (Lipinski definition) is 3. The summed E-state index contributed by atoms with van der Waals surface area (Å²) in [6, 6.07) is 3.78. The van der Waals surface area contributed by atoms with Crippen LogP contribution in [0.25, 0.3) is 0 Å². The SMILES string of the molecule is CCN(C[C@H]1CCCO1)C(=O)Nc1ccc(F)cc1OC. The molecule has 0 radical (unpaired) electrons. The van der Waals surface area contributed by atoms with Crippen LogP contribution in [-0.2, 0) is 4.74 Å². The average Bonchev–Trinajstić information content (AvgIpc) is 2.99. The highest BCUT2D eigenvalue weighted by molar-refractivity contribution is 5.91. The number of carbonyl (C=O) groups excluding carboxylic acids is 1. The standard InChI is InChI=1S/C15H21FN2O3/c1-3-18(10-12-5-4-8-21-12)15(19)17-13-7-6-11(16)9-14(13)20-2/h6-7,9,12H,3-5,8,10H2,1-2H3,(H,17,19)/t12-/m1/s1. The fourth-order valence-electron chi connectivity index (χ4n) is 2.35. The summed E-state index contributed by atoms with van der Waals surface area (Å²) in [7, 11) is 1.44. The Hall–Kier alpha value is -1.82. The molecule has 21 heavy (non-hydrogen) atoms. The molecule has 1 aromatic carbocycles. The van der Waals surface area contributed by atoms with Gasteiger partial charge in [-0.1, -0.05) is 0 Å². The van der Waals surface area contributed by atoms with Crippen molar-refractivity contribution in [2.24, 2.45) is 0 Å². The number of anilines is 1. The highest BCUT2D eigenvalue weighted by atomic mass is 19.1. The van der Waals surface area contributed by atoms with Gasteiger partial charge in [0.15, 0.2) is 0 Å². The molecule has 1 aromatic rings. The molecule has 0 aliphatic carbocycles. The van der Waals surface area contributed by atoms with Gasteiger partial charge in [0.2, 0.25) is 0 Å². The zero-order valence-corrected chi connectivity index (χ0v) is 12.4. The molecular formula is C15H21FN2O3. The van der Waals surface area contributed by atoms with Crippen LogP contribution in [0.1, 0.15) is 19.8 Å². The Balaban J connectivity index is 2.01. The number of carbonyl (C=O) groups is 1. The maximum absolute atomic E-state index is 13.1. The first-order valence-electron chi connectivity index (χ1n) is 7.15. The maximum Gasteiger partial charge on any atom is 0.322 e. The molecule has 0 unspecified atom stereocenters. The average molecular weight is 296 g/mol. The third kappa shape index (κ3) is 4.07. The highest BCUT2D eigenvalue weighted by Crippen LogP contribution is 2.25. The molecule has 5 nitrogen and oxygen atoms in total. The molecule has 2 rings (SSSR count). The molecule has 1 aliphatic rings. The Morgan fingerprint density at radius 2 is 2.38 bits per heavy atom. The lowest BCUT2D eigenvalue weighted by Crippen LogP contribution is -2.40. The van der Waals surface area contributed by atoms with Crippen molar-refractivity contribution in [3.8, 4) is 5.75 Å². The number of nitrogens with zero attached hydrogens (tertiary/aromatic N) is 1. The van der Waals surface area contributed by atoms with Gasteiger partial charge in [-0.25, -0.2) is 9.18 Å². The lowest BCUT2D eigenvalue weighted by molar-refractivity contribution is 0.0849. The molecule has 116 valence electrons. The molecule has 1 N–H and O–H groups in total. The molecule has 0 aromatic heterocycles. The van der Waals surface area contributed by atoms with E-state index in [1.165, 1.54) is 25.3 Å². The minimum Gasteiger partial charge on any atom is -0.494 e. The maximum atomic E-state index is 13.1. The predicted octanol–water partition coefficient (Wildman–Crippen LogP) is 2.87. The van der Waals surface area contributed by atoms with Crippen LogP contribution >= 0.6 is 0 Å². The first kappa shape index (κ1) is 15.6. The van der Waals surface area contributed by atoms with Crippen molar-refractivity contribution in [2.75, 3.05) is 32.1 Å². The molecule has 1 fully saturated rings. The van der Waals surface area contributed by atoms with E-state index in [-0.39, 0.29) is 12.1 Å². The molecule has 0 bridgehead atoms. The van der Waals surface area contributed by atoms with Crippen molar-refractivity contribution in [3.05, 3.63) is 24.0 Å². The van der Waals surface area contributed by atoms with E-state index >= 15 is 0 Å². The van der Waals surface area contributed by atoms with Crippen molar-refractivity contribution in [1.82, 2.24) is 4.90 Å². The van der Waals surface area contributed by atoms with Gasteiger partial charge in [-0.2, -0.15) is 0 Å². The first-order chi connectivity index (χ1) is 10.1. The van der Waals surface area contributed by atoms with Crippen LogP contribution in [0.3, 0.4) is 0 Å². The number of nitrogens with one attached hydrogen (secondary N) is 1. The van der Waals surface area contributed by atoms with Gasteiger partial charge in [-0.15, -0.1) is 0 Å². The number of amides is 2. The van der Waals surface area contributed by atoms with E-state index in [0.29, 0.717) is 24.5 Å². The van der Waals surface area contributed by atoms with Crippen LogP contribution < -0.4 is 10.1 Å². The fraction of sp³-hybridized carbons (Fsp3) is 0.533. The fourth-order valence-corrected chi connectivity index (χ4v) is 2.35. The second kappa shape index (κ2) is 7.26. The van der Waals surface area contributed by atoms with Gasteiger partial charge >= 0.3 is 6.03 Å². The lowest BCUT2D eigenvalue weighted by Gasteiger charge is -2.24. The Morgan fingerprint density at radius 3 is 3.00 bits per heavy atom. The molecular weight excluding hydrogens is 275 g/mol. The summed E-state index contributed by atoms with van der Waals surface area (Å²) >= 11 is 0. The third-order valence-electron chi connectivity index (χ3n) is 3.52. The number of ether oxygens (including phenoxy) is 2. The van der Waals surface area contributed by atoms with Crippen LogP contribution in [0.5, 0.6) is 5.75 Å².